The van der Waals surface area contributed by atoms with Crippen molar-refractivity contribution in [2.45, 2.75) is 38.7 Å². The summed E-state index contributed by atoms with van der Waals surface area (Å²) in [5, 5.41) is 1.29. The van der Waals surface area contributed by atoms with Crippen molar-refractivity contribution in [1.82, 2.24) is 9.97 Å². The van der Waals surface area contributed by atoms with E-state index in [1.54, 1.807) is 6.08 Å². The fourth-order valence-corrected chi connectivity index (χ4v) is 3.82. The molecule has 1 aliphatic carbocycles. The van der Waals surface area contributed by atoms with Gasteiger partial charge in [0.15, 0.2) is 16.1 Å². The molecule has 1 aliphatic heterocycles. The minimum absolute atomic E-state index is 0.222. The molecule has 0 spiro atoms. The normalized spacial score (nSPS) is 22.9. The van der Waals surface area contributed by atoms with Crippen molar-refractivity contribution in [3.8, 4) is 5.88 Å². The van der Waals surface area contributed by atoms with E-state index in [0.29, 0.717) is 23.6 Å². The Bertz CT molecular complexity index is 619. The first-order valence-corrected chi connectivity index (χ1v) is 9.05. The average molecular weight is 324 g/mol. The van der Waals surface area contributed by atoms with Crippen molar-refractivity contribution < 1.29 is 17.9 Å². The maximum Gasteiger partial charge on any atom is 0.232 e. The molecule has 3 rings (SSSR count). The molecule has 22 heavy (non-hydrogen) atoms. The summed E-state index contributed by atoms with van der Waals surface area (Å²) in [6, 6.07) is 0. The second-order valence-electron chi connectivity index (χ2n) is 5.56. The highest BCUT2D eigenvalue weighted by Crippen LogP contribution is 2.22. The minimum atomic E-state index is -2.78. The molecule has 0 bridgehead atoms. The molecular weight excluding hydrogens is 304 g/mol. The summed E-state index contributed by atoms with van der Waals surface area (Å²) in [6.07, 6.45) is 10.2. The summed E-state index contributed by atoms with van der Waals surface area (Å²) in [6.45, 7) is 1.89. The standard InChI is InChI=1S/C10H12N2O2.C5H8O2S/c13-7-8-5-12-10(6-11-8)14-9-3-1-2-4-9;1-5-2-3-8(6,7)4-5/h5-7,9H,1-4H2;2-3,5H,4H2,1H3. The number of ether oxygens (including phenoxy) is 1. The molecule has 1 aromatic heterocycles. The van der Waals surface area contributed by atoms with Crippen LogP contribution in [0, 0.1) is 5.92 Å². The SMILES string of the molecule is CC1C=CS(=O)(=O)C1.O=Cc1cnc(OC2CCCC2)cn1. The summed E-state index contributed by atoms with van der Waals surface area (Å²) in [5.41, 5.74) is 0.337. The number of hydrogen-bond donors (Lipinski definition) is 0. The highest BCUT2D eigenvalue weighted by Gasteiger charge is 2.17. The van der Waals surface area contributed by atoms with Crippen LogP contribution in [0.25, 0.3) is 0 Å². The molecule has 0 N–H and O–H groups in total. The fourth-order valence-electron chi connectivity index (χ4n) is 2.36. The summed E-state index contributed by atoms with van der Waals surface area (Å²) in [4.78, 5) is 18.2. The summed E-state index contributed by atoms with van der Waals surface area (Å²) in [5.74, 6) is 1.04. The number of aldehydes is 1. The van der Waals surface area contributed by atoms with Gasteiger partial charge in [-0.1, -0.05) is 13.0 Å². The van der Waals surface area contributed by atoms with Crippen LogP contribution in [0.15, 0.2) is 23.9 Å². The first-order chi connectivity index (χ1) is 10.5. The molecule has 1 aromatic rings. The Morgan fingerprint density at radius 3 is 2.36 bits per heavy atom. The average Bonchev–Trinajstić information content (AvgIpc) is 3.10. The Morgan fingerprint density at radius 2 is 1.95 bits per heavy atom. The Hall–Kier alpha value is -1.76. The van der Waals surface area contributed by atoms with Gasteiger partial charge in [-0.3, -0.25) is 4.79 Å². The number of allylic oxidation sites excluding steroid dienone is 1. The monoisotopic (exact) mass is 324 g/mol. The van der Waals surface area contributed by atoms with Gasteiger partial charge in [0, 0.05) is 5.41 Å². The maximum absolute atomic E-state index is 10.6. The van der Waals surface area contributed by atoms with E-state index in [1.807, 2.05) is 6.92 Å². The van der Waals surface area contributed by atoms with E-state index in [2.05, 4.69) is 9.97 Å². The summed E-state index contributed by atoms with van der Waals surface area (Å²) < 4.78 is 26.7. The second-order valence-corrected chi connectivity index (χ2v) is 7.49. The van der Waals surface area contributed by atoms with Gasteiger partial charge in [0.2, 0.25) is 5.88 Å². The molecule has 0 saturated heterocycles. The third-order valence-electron chi connectivity index (χ3n) is 3.47. The van der Waals surface area contributed by atoms with E-state index < -0.39 is 9.84 Å². The van der Waals surface area contributed by atoms with Gasteiger partial charge in [0.25, 0.3) is 0 Å². The molecule has 2 aliphatic rings. The molecular formula is C15H20N2O4S. The Kier molecular flexibility index (Phi) is 5.65. The first kappa shape index (κ1) is 16.6. The van der Waals surface area contributed by atoms with E-state index >= 15 is 0 Å². The minimum Gasteiger partial charge on any atom is -0.473 e. The first-order valence-electron chi connectivity index (χ1n) is 7.33. The molecule has 7 heteroatoms. The molecule has 1 saturated carbocycles. The van der Waals surface area contributed by atoms with Crippen molar-refractivity contribution in [3.63, 3.8) is 0 Å². The zero-order chi connectivity index (χ0) is 16.0. The van der Waals surface area contributed by atoms with Gasteiger partial charge < -0.3 is 4.74 Å². The quantitative estimate of drug-likeness (QED) is 0.792. The van der Waals surface area contributed by atoms with Gasteiger partial charge >= 0.3 is 0 Å². The van der Waals surface area contributed by atoms with E-state index in [1.165, 1.54) is 30.6 Å². The van der Waals surface area contributed by atoms with Crippen LogP contribution in [0.1, 0.15) is 43.1 Å². The lowest BCUT2D eigenvalue weighted by atomic mass is 10.2. The number of aromatic nitrogens is 2. The number of rotatable bonds is 3. The van der Waals surface area contributed by atoms with E-state index in [4.69, 9.17) is 4.74 Å². The van der Waals surface area contributed by atoms with E-state index in [-0.39, 0.29) is 12.0 Å². The molecule has 120 valence electrons. The fraction of sp³-hybridized carbons (Fsp3) is 0.533. The van der Waals surface area contributed by atoms with Gasteiger partial charge in [-0.15, -0.1) is 0 Å². The largest absolute Gasteiger partial charge is 0.473 e. The van der Waals surface area contributed by atoms with Crippen LogP contribution in [0.2, 0.25) is 0 Å². The second kappa shape index (κ2) is 7.49. The molecule has 0 aromatic carbocycles. The molecule has 0 radical (unpaired) electrons. The van der Waals surface area contributed by atoms with Gasteiger partial charge in [-0.05, 0) is 31.6 Å². The van der Waals surface area contributed by atoms with Gasteiger partial charge in [0.05, 0.1) is 18.1 Å². The van der Waals surface area contributed by atoms with Crippen molar-refractivity contribution in [1.29, 1.82) is 0 Å². The lowest BCUT2D eigenvalue weighted by Crippen LogP contribution is -2.12. The summed E-state index contributed by atoms with van der Waals surface area (Å²) >= 11 is 0. The van der Waals surface area contributed by atoms with Gasteiger partial charge in [-0.2, -0.15) is 0 Å². The van der Waals surface area contributed by atoms with Crippen LogP contribution in [0.3, 0.4) is 0 Å². The molecule has 6 nitrogen and oxygen atoms in total. The van der Waals surface area contributed by atoms with Crippen LogP contribution >= 0.6 is 0 Å². The van der Waals surface area contributed by atoms with Crippen LogP contribution in [-0.4, -0.2) is 36.5 Å². The highest BCUT2D eigenvalue weighted by molar-refractivity contribution is 7.94. The lowest BCUT2D eigenvalue weighted by Gasteiger charge is -2.10. The zero-order valence-electron chi connectivity index (χ0n) is 12.5. The Labute approximate surface area is 130 Å². The van der Waals surface area contributed by atoms with E-state index in [0.717, 1.165) is 12.8 Å². The number of carbonyl (C=O) groups excluding carboxylic acids is 1. The van der Waals surface area contributed by atoms with Crippen molar-refractivity contribution in [2.75, 3.05) is 5.75 Å². The predicted molar refractivity (Wildman–Crippen MR) is 82.4 cm³/mol. The number of hydrogen-bond acceptors (Lipinski definition) is 6. The molecule has 1 fully saturated rings. The van der Waals surface area contributed by atoms with Gasteiger partial charge in [-0.25, -0.2) is 18.4 Å². The van der Waals surface area contributed by atoms with E-state index in [9.17, 15) is 13.2 Å². The molecule has 1 unspecified atom stereocenters. The van der Waals surface area contributed by atoms with Crippen molar-refractivity contribution >= 4 is 16.1 Å². The van der Waals surface area contributed by atoms with Crippen LogP contribution < -0.4 is 4.74 Å². The smallest absolute Gasteiger partial charge is 0.232 e. The molecule has 1 atom stereocenters. The Morgan fingerprint density at radius 1 is 1.23 bits per heavy atom. The third-order valence-corrected chi connectivity index (χ3v) is 5.03. The predicted octanol–water partition coefficient (Wildman–Crippen LogP) is 2.18. The van der Waals surface area contributed by atoms with Crippen LogP contribution in [0.4, 0.5) is 0 Å². The van der Waals surface area contributed by atoms with Crippen LogP contribution in [0.5, 0.6) is 5.88 Å². The molecule has 0 amide bonds. The highest BCUT2D eigenvalue weighted by atomic mass is 32.2. The zero-order valence-corrected chi connectivity index (χ0v) is 13.3. The maximum atomic E-state index is 10.6. The lowest BCUT2D eigenvalue weighted by molar-refractivity contribution is 0.111. The number of carbonyl (C=O) groups is 1. The van der Waals surface area contributed by atoms with Crippen LogP contribution in [-0.2, 0) is 9.84 Å². The third kappa shape index (κ3) is 5.22. The van der Waals surface area contributed by atoms with Crippen molar-refractivity contribution in [3.05, 3.63) is 29.6 Å². The number of sulfone groups is 1. The topological polar surface area (TPSA) is 86.2 Å². The Balaban J connectivity index is 0.000000188. The summed E-state index contributed by atoms with van der Waals surface area (Å²) in [7, 11) is -2.78. The molecule has 2 heterocycles. The number of nitrogens with zero attached hydrogens (tertiary/aromatic N) is 2. The van der Waals surface area contributed by atoms with Crippen molar-refractivity contribution in [2.24, 2.45) is 5.92 Å². The van der Waals surface area contributed by atoms with Gasteiger partial charge in [0.1, 0.15) is 11.8 Å².